The number of nitrogens with zero attached hydrogens (tertiary/aromatic N) is 6. The molecule has 1 fully saturated rings. The molecule has 37 heavy (non-hydrogen) atoms. The van der Waals surface area contributed by atoms with E-state index >= 15 is 0 Å². The van der Waals surface area contributed by atoms with E-state index in [0.29, 0.717) is 62.7 Å². The highest BCUT2D eigenvalue weighted by Gasteiger charge is 2.33. The molecule has 2 aliphatic heterocycles. The molecule has 1 N–H and O–H groups in total. The molecular formula is C25H29N7O5. The van der Waals surface area contributed by atoms with Gasteiger partial charge in [0.05, 0.1) is 13.2 Å². The van der Waals surface area contributed by atoms with E-state index in [2.05, 4.69) is 20.2 Å². The SMILES string of the molecule is COC(=O)N1CCN(c2cc(C)nc(-n3ccnc3)n2)C(CC(=O)NCc2ccc3c(c2)OCCO3)C1. The first-order valence-electron chi connectivity index (χ1n) is 12.1. The van der Waals surface area contributed by atoms with E-state index in [0.717, 1.165) is 11.3 Å². The standard InChI is InChI=1S/C25H29N7O5/c1-17-11-22(29-24(28-17)31-6-5-26-16-31)32-8-7-30(25(34)35-2)15-19(32)13-23(33)27-14-18-3-4-20-21(12-18)37-10-9-36-20/h3-6,11-12,16,19H,7-10,13-15H2,1-2H3,(H,27,33). The predicted octanol–water partition coefficient (Wildman–Crippen LogP) is 1.71. The number of amides is 2. The zero-order chi connectivity index (χ0) is 25.8. The number of fused-ring (bicyclic) bond motifs is 1. The molecule has 1 aromatic carbocycles. The molecule has 1 atom stereocenters. The zero-order valence-electron chi connectivity index (χ0n) is 20.8. The van der Waals surface area contributed by atoms with Crippen LogP contribution in [-0.2, 0) is 16.1 Å². The highest BCUT2D eigenvalue weighted by Crippen LogP contribution is 2.30. The van der Waals surface area contributed by atoms with Crippen molar-refractivity contribution in [3.63, 3.8) is 0 Å². The third-order valence-corrected chi connectivity index (χ3v) is 6.29. The van der Waals surface area contributed by atoms with Crippen molar-refractivity contribution in [3.05, 3.63) is 54.2 Å². The summed E-state index contributed by atoms with van der Waals surface area (Å²) in [6.45, 7) is 4.54. The topological polar surface area (TPSA) is 124 Å². The number of methoxy groups -OCH3 is 1. The van der Waals surface area contributed by atoms with Gasteiger partial charge in [-0.15, -0.1) is 0 Å². The van der Waals surface area contributed by atoms with Crippen LogP contribution in [0.5, 0.6) is 11.5 Å². The van der Waals surface area contributed by atoms with Crippen LogP contribution >= 0.6 is 0 Å². The molecule has 0 aliphatic carbocycles. The summed E-state index contributed by atoms with van der Waals surface area (Å²) < 4.78 is 17.9. The van der Waals surface area contributed by atoms with Crippen LogP contribution in [0.25, 0.3) is 5.95 Å². The number of hydrogen-bond donors (Lipinski definition) is 1. The summed E-state index contributed by atoms with van der Waals surface area (Å²) in [5.41, 5.74) is 1.69. The second kappa shape index (κ2) is 10.7. The second-order valence-corrected chi connectivity index (χ2v) is 8.86. The maximum absolute atomic E-state index is 13.0. The van der Waals surface area contributed by atoms with Crippen molar-refractivity contribution in [2.45, 2.75) is 25.9 Å². The lowest BCUT2D eigenvalue weighted by Gasteiger charge is -2.41. The summed E-state index contributed by atoms with van der Waals surface area (Å²) in [7, 11) is 1.36. The zero-order valence-corrected chi connectivity index (χ0v) is 20.8. The Labute approximate surface area is 214 Å². The van der Waals surface area contributed by atoms with Gasteiger partial charge in [-0.2, -0.15) is 4.98 Å². The minimum absolute atomic E-state index is 0.141. The first kappa shape index (κ1) is 24.3. The second-order valence-electron chi connectivity index (χ2n) is 8.86. The summed E-state index contributed by atoms with van der Waals surface area (Å²) in [5, 5.41) is 2.99. The molecule has 0 spiro atoms. The molecule has 194 valence electrons. The van der Waals surface area contributed by atoms with Crippen LogP contribution in [0, 0.1) is 6.92 Å². The van der Waals surface area contributed by atoms with Crippen LogP contribution < -0.4 is 19.7 Å². The summed E-state index contributed by atoms with van der Waals surface area (Å²) in [5.74, 6) is 2.42. The van der Waals surface area contributed by atoms with E-state index in [-0.39, 0.29) is 18.4 Å². The number of piperazine rings is 1. The number of nitrogens with one attached hydrogen (secondary N) is 1. The average Bonchev–Trinajstić information content (AvgIpc) is 3.46. The molecule has 4 heterocycles. The van der Waals surface area contributed by atoms with E-state index < -0.39 is 6.09 Å². The van der Waals surface area contributed by atoms with Crippen molar-refractivity contribution in [2.24, 2.45) is 0 Å². The molecule has 2 amide bonds. The quantitative estimate of drug-likeness (QED) is 0.531. The smallest absolute Gasteiger partial charge is 0.409 e. The van der Waals surface area contributed by atoms with E-state index in [1.807, 2.05) is 31.2 Å². The highest BCUT2D eigenvalue weighted by atomic mass is 16.6. The van der Waals surface area contributed by atoms with Crippen LogP contribution in [0.2, 0.25) is 0 Å². The van der Waals surface area contributed by atoms with Crippen LogP contribution in [-0.4, -0.2) is 82.4 Å². The Morgan fingerprint density at radius 3 is 2.76 bits per heavy atom. The summed E-state index contributed by atoms with van der Waals surface area (Å²) in [6, 6.07) is 7.21. The lowest BCUT2D eigenvalue weighted by atomic mass is 10.1. The van der Waals surface area contributed by atoms with E-state index in [1.54, 1.807) is 28.2 Å². The Hall–Kier alpha value is -4.35. The lowest BCUT2D eigenvalue weighted by molar-refractivity contribution is -0.121. The monoisotopic (exact) mass is 507 g/mol. The van der Waals surface area contributed by atoms with Crippen molar-refractivity contribution in [2.75, 3.05) is 44.9 Å². The molecule has 12 nitrogen and oxygen atoms in total. The Balaban J connectivity index is 1.31. The largest absolute Gasteiger partial charge is 0.486 e. The van der Waals surface area contributed by atoms with Gasteiger partial charge in [-0.1, -0.05) is 6.07 Å². The van der Waals surface area contributed by atoms with Gasteiger partial charge in [0.25, 0.3) is 0 Å². The predicted molar refractivity (Wildman–Crippen MR) is 133 cm³/mol. The average molecular weight is 508 g/mol. The van der Waals surface area contributed by atoms with Crippen LogP contribution in [0.4, 0.5) is 10.6 Å². The number of ether oxygens (including phenoxy) is 3. The van der Waals surface area contributed by atoms with Crippen molar-refractivity contribution in [1.82, 2.24) is 29.7 Å². The minimum atomic E-state index is -0.417. The molecule has 5 rings (SSSR count). The molecule has 0 radical (unpaired) electrons. The Bertz CT molecular complexity index is 1270. The van der Waals surface area contributed by atoms with E-state index in [9.17, 15) is 9.59 Å². The molecule has 0 saturated carbocycles. The van der Waals surface area contributed by atoms with Gasteiger partial charge < -0.3 is 29.3 Å². The number of aryl methyl sites for hydroxylation is 1. The van der Waals surface area contributed by atoms with Crippen molar-refractivity contribution >= 4 is 17.8 Å². The van der Waals surface area contributed by atoms with Gasteiger partial charge in [0.1, 0.15) is 25.4 Å². The van der Waals surface area contributed by atoms with Crippen LogP contribution in [0.3, 0.4) is 0 Å². The minimum Gasteiger partial charge on any atom is -0.486 e. The number of benzene rings is 1. The Morgan fingerprint density at radius 2 is 1.97 bits per heavy atom. The van der Waals surface area contributed by atoms with Crippen LogP contribution in [0.15, 0.2) is 43.0 Å². The van der Waals surface area contributed by atoms with Gasteiger partial charge in [0, 0.05) is 56.8 Å². The van der Waals surface area contributed by atoms with Gasteiger partial charge in [0.15, 0.2) is 11.5 Å². The first-order valence-corrected chi connectivity index (χ1v) is 12.1. The molecule has 0 bridgehead atoms. The molecule has 1 unspecified atom stereocenters. The van der Waals surface area contributed by atoms with E-state index in [1.165, 1.54) is 7.11 Å². The summed E-state index contributed by atoms with van der Waals surface area (Å²) >= 11 is 0. The number of carbonyl (C=O) groups is 2. The third kappa shape index (κ3) is 5.57. The Kier molecular flexibility index (Phi) is 7.06. The fourth-order valence-electron chi connectivity index (χ4n) is 4.49. The van der Waals surface area contributed by atoms with Crippen LogP contribution in [0.1, 0.15) is 17.7 Å². The number of carbonyl (C=O) groups excluding carboxylic acids is 2. The van der Waals surface area contributed by atoms with Gasteiger partial charge in [0.2, 0.25) is 11.9 Å². The van der Waals surface area contributed by atoms with Gasteiger partial charge in [-0.3, -0.25) is 9.36 Å². The van der Waals surface area contributed by atoms with E-state index in [4.69, 9.17) is 19.2 Å². The van der Waals surface area contributed by atoms with Crippen molar-refractivity contribution < 1.29 is 23.8 Å². The number of rotatable bonds is 6. The number of imidazole rings is 1. The lowest BCUT2D eigenvalue weighted by Crippen LogP contribution is -2.56. The molecule has 3 aromatic rings. The summed E-state index contributed by atoms with van der Waals surface area (Å²) in [4.78, 5) is 42.3. The normalized spacial score (nSPS) is 16.9. The molecular weight excluding hydrogens is 478 g/mol. The number of hydrogen-bond acceptors (Lipinski definition) is 9. The van der Waals surface area contributed by atoms with Gasteiger partial charge in [-0.25, -0.2) is 14.8 Å². The van der Waals surface area contributed by atoms with Crippen molar-refractivity contribution in [1.29, 1.82) is 0 Å². The number of anilines is 1. The maximum Gasteiger partial charge on any atom is 0.409 e. The third-order valence-electron chi connectivity index (χ3n) is 6.29. The maximum atomic E-state index is 13.0. The molecule has 2 aromatic heterocycles. The fourth-order valence-corrected chi connectivity index (χ4v) is 4.49. The summed E-state index contributed by atoms with van der Waals surface area (Å²) in [6.07, 6.45) is 4.82. The van der Waals surface area contributed by atoms with Gasteiger partial charge >= 0.3 is 6.09 Å². The molecule has 12 heteroatoms. The van der Waals surface area contributed by atoms with Crippen molar-refractivity contribution in [3.8, 4) is 17.4 Å². The van der Waals surface area contributed by atoms with Gasteiger partial charge in [-0.05, 0) is 24.6 Å². The fraction of sp³-hybridized carbons (Fsp3) is 0.400. The highest BCUT2D eigenvalue weighted by molar-refractivity contribution is 5.77. The Morgan fingerprint density at radius 1 is 1.14 bits per heavy atom. The first-order chi connectivity index (χ1) is 18.0. The molecule has 2 aliphatic rings. The number of aromatic nitrogens is 4. The molecule has 1 saturated heterocycles.